The Hall–Kier alpha value is -1.59. The van der Waals surface area contributed by atoms with Gasteiger partial charge in [-0.25, -0.2) is 4.98 Å². The number of methoxy groups -OCH3 is 1. The lowest BCUT2D eigenvalue weighted by Gasteiger charge is -2.11. The largest absolute Gasteiger partial charge is 0.497 e. The monoisotopic (exact) mass is 267 g/mol. The van der Waals surface area contributed by atoms with Gasteiger partial charge in [0.15, 0.2) is 0 Å². The Balaban J connectivity index is 2.67. The van der Waals surface area contributed by atoms with Crippen LogP contribution in [0.5, 0.6) is 5.75 Å². The normalized spacial score (nSPS) is 12.7. The van der Waals surface area contributed by atoms with Gasteiger partial charge >= 0.3 is 0 Å². The molecule has 1 atom stereocenters. The molecule has 2 aromatic rings. The molecule has 2 rings (SSSR count). The van der Waals surface area contributed by atoms with Crippen LogP contribution < -0.4 is 16.0 Å². The van der Waals surface area contributed by atoms with Gasteiger partial charge in [0.05, 0.1) is 18.0 Å². The van der Waals surface area contributed by atoms with Crippen LogP contribution in [0.4, 0.5) is 0 Å². The molecule has 0 aliphatic rings. The molecule has 0 fully saturated rings. The van der Waals surface area contributed by atoms with Gasteiger partial charge in [0.25, 0.3) is 5.56 Å². The molecule has 0 amide bonds. The van der Waals surface area contributed by atoms with E-state index in [4.69, 9.17) is 22.1 Å². The Bertz CT molecular complexity index is 637. The number of nitrogens with two attached hydrogens (primary N) is 1. The SMILES string of the molecule is COc1ccc2c(=O)n(CC(C)N)c(Cl)nc2c1. The Labute approximate surface area is 109 Å². The van der Waals surface area contributed by atoms with E-state index in [1.54, 1.807) is 32.2 Å². The second-order valence-electron chi connectivity index (χ2n) is 4.16. The zero-order valence-electron chi connectivity index (χ0n) is 10.2. The fourth-order valence-electron chi connectivity index (χ4n) is 1.75. The lowest BCUT2D eigenvalue weighted by atomic mass is 10.2. The zero-order valence-corrected chi connectivity index (χ0v) is 10.9. The molecular formula is C12H14ClN3O2. The first-order valence-corrected chi connectivity index (χ1v) is 5.90. The van der Waals surface area contributed by atoms with Gasteiger partial charge in [0.1, 0.15) is 5.75 Å². The summed E-state index contributed by atoms with van der Waals surface area (Å²) in [7, 11) is 1.56. The van der Waals surface area contributed by atoms with E-state index in [-0.39, 0.29) is 16.9 Å². The van der Waals surface area contributed by atoms with Gasteiger partial charge in [-0.2, -0.15) is 0 Å². The molecule has 0 bridgehead atoms. The summed E-state index contributed by atoms with van der Waals surface area (Å²) in [6.45, 7) is 2.15. The maximum Gasteiger partial charge on any atom is 0.262 e. The average molecular weight is 268 g/mol. The number of aromatic nitrogens is 2. The minimum atomic E-state index is -0.190. The lowest BCUT2D eigenvalue weighted by Crippen LogP contribution is -2.31. The topological polar surface area (TPSA) is 70.1 Å². The van der Waals surface area contributed by atoms with Crippen LogP contribution in [0.15, 0.2) is 23.0 Å². The third-order valence-corrected chi connectivity index (χ3v) is 2.88. The zero-order chi connectivity index (χ0) is 13.3. The van der Waals surface area contributed by atoms with Gasteiger partial charge in [-0.1, -0.05) is 0 Å². The van der Waals surface area contributed by atoms with Crippen molar-refractivity contribution < 1.29 is 4.74 Å². The van der Waals surface area contributed by atoms with Crippen molar-refractivity contribution in [2.45, 2.75) is 19.5 Å². The summed E-state index contributed by atoms with van der Waals surface area (Å²) in [4.78, 5) is 16.4. The predicted molar refractivity (Wildman–Crippen MR) is 71.2 cm³/mol. The Kier molecular flexibility index (Phi) is 3.54. The molecular weight excluding hydrogens is 254 g/mol. The number of nitrogens with zero attached hydrogens (tertiary/aromatic N) is 2. The van der Waals surface area contributed by atoms with Crippen molar-refractivity contribution in [3.8, 4) is 5.75 Å². The van der Waals surface area contributed by atoms with E-state index in [1.165, 1.54) is 4.57 Å². The summed E-state index contributed by atoms with van der Waals surface area (Å²) in [5.74, 6) is 0.635. The number of rotatable bonds is 3. The number of hydrogen-bond donors (Lipinski definition) is 1. The van der Waals surface area contributed by atoms with Gasteiger partial charge < -0.3 is 10.5 Å². The maximum atomic E-state index is 12.2. The van der Waals surface area contributed by atoms with E-state index in [9.17, 15) is 4.79 Å². The fraction of sp³-hybridized carbons (Fsp3) is 0.333. The summed E-state index contributed by atoms with van der Waals surface area (Å²) in [5.41, 5.74) is 6.01. The first kappa shape index (κ1) is 12.9. The standard InChI is InChI=1S/C12H14ClN3O2/c1-7(14)6-16-11(17)9-4-3-8(18-2)5-10(9)15-12(16)13/h3-5,7H,6,14H2,1-2H3. The first-order chi connectivity index (χ1) is 8.52. The van der Waals surface area contributed by atoms with E-state index in [1.807, 2.05) is 0 Å². The molecule has 5 nitrogen and oxygen atoms in total. The highest BCUT2D eigenvalue weighted by Gasteiger charge is 2.11. The Morgan fingerprint density at radius 1 is 1.56 bits per heavy atom. The number of halogens is 1. The van der Waals surface area contributed by atoms with Crippen LogP contribution in [-0.2, 0) is 6.54 Å². The highest BCUT2D eigenvalue weighted by atomic mass is 35.5. The lowest BCUT2D eigenvalue weighted by molar-refractivity contribution is 0.415. The number of fused-ring (bicyclic) bond motifs is 1. The smallest absolute Gasteiger partial charge is 0.262 e. The molecule has 2 N–H and O–H groups in total. The first-order valence-electron chi connectivity index (χ1n) is 5.52. The van der Waals surface area contributed by atoms with Gasteiger partial charge in [-0.3, -0.25) is 9.36 Å². The van der Waals surface area contributed by atoms with Gasteiger partial charge in [-0.15, -0.1) is 0 Å². The van der Waals surface area contributed by atoms with Crippen LogP contribution in [0.25, 0.3) is 10.9 Å². The van der Waals surface area contributed by atoms with Gasteiger partial charge in [0, 0.05) is 18.7 Å². The van der Waals surface area contributed by atoms with Crippen LogP contribution in [-0.4, -0.2) is 22.7 Å². The van der Waals surface area contributed by atoms with E-state index in [0.29, 0.717) is 23.2 Å². The van der Waals surface area contributed by atoms with Gasteiger partial charge in [0.2, 0.25) is 5.28 Å². The van der Waals surface area contributed by atoms with E-state index < -0.39 is 0 Å². The molecule has 0 aliphatic heterocycles. The molecule has 1 heterocycles. The van der Waals surface area contributed by atoms with E-state index >= 15 is 0 Å². The molecule has 0 saturated heterocycles. The highest BCUT2D eigenvalue weighted by molar-refractivity contribution is 6.28. The molecule has 1 unspecified atom stereocenters. The summed E-state index contributed by atoms with van der Waals surface area (Å²) in [6.07, 6.45) is 0. The van der Waals surface area contributed by atoms with Crippen molar-refractivity contribution >= 4 is 22.5 Å². The molecule has 0 aliphatic carbocycles. The average Bonchev–Trinajstić information content (AvgIpc) is 2.33. The number of benzene rings is 1. The molecule has 96 valence electrons. The Morgan fingerprint density at radius 3 is 2.89 bits per heavy atom. The van der Waals surface area contributed by atoms with Crippen molar-refractivity contribution in [1.82, 2.24) is 9.55 Å². The summed E-state index contributed by atoms with van der Waals surface area (Å²) in [5, 5.41) is 0.638. The van der Waals surface area contributed by atoms with Crippen molar-refractivity contribution in [1.29, 1.82) is 0 Å². The summed E-state index contributed by atoms with van der Waals surface area (Å²) >= 11 is 6.00. The quantitative estimate of drug-likeness (QED) is 0.854. The Morgan fingerprint density at radius 2 is 2.28 bits per heavy atom. The molecule has 1 aromatic carbocycles. The molecule has 18 heavy (non-hydrogen) atoms. The second-order valence-corrected chi connectivity index (χ2v) is 4.50. The molecule has 0 radical (unpaired) electrons. The third kappa shape index (κ3) is 2.32. The molecule has 1 aromatic heterocycles. The molecule has 0 spiro atoms. The van der Waals surface area contributed by atoms with Crippen molar-refractivity contribution in [3.63, 3.8) is 0 Å². The predicted octanol–water partition coefficient (Wildman–Crippen LogP) is 1.41. The van der Waals surface area contributed by atoms with Crippen molar-refractivity contribution in [3.05, 3.63) is 33.8 Å². The number of hydrogen-bond acceptors (Lipinski definition) is 4. The maximum absolute atomic E-state index is 12.2. The van der Waals surface area contributed by atoms with Crippen LogP contribution in [0.2, 0.25) is 5.28 Å². The van der Waals surface area contributed by atoms with E-state index in [0.717, 1.165) is 0 Å². The van der Waals surface area contributed by atoms with Crippen LogP contribution >= 0.6 is 11.6 Å². The summed E-state index contributed by atoms with van der Waals surface area (Å²) in [6, 6.07) is 4.91. The minimum Gasteiger partial charge on any atom is -0.497 e. The van der Waals surface area contributed by atoms with Crippen molar-refractivity contribution in [2.75, 3.05) is 7.11 Å². The number of ether oxygens (including phenoxy) is 1. The van der Waals surface area contributed by atoms with Crippen LogP contribution in [0.1, 0.15) is 6.92 Å². The van der Waals surface area contributed by atoms with Gasteiger partial charge in [-0.05, 0) is 30.7 Å². The fourth-order valence-corrected chi connectivity index (χ4v) is 1.98. The third-order valence-electron chi connectivity index (χ3n) is 2.59. The molecule has 0 saturated carbocycles. The minimum absolute atomic E-state index is 0.137. The van der Waals surface area contributed by atoms with Crippen molar-refractivity contribution in [2.24, 2.45) is 5.73 Å². The summed E-state index contributed by atoms with van der Waals surface area (Å²) < 4.78 is 6.46. The second kappa shape index (κ2) is 4.96. The van der Waals surface area contributed by atoms with E-state index in [2.05, 4.69) is 4.98 Å². The molecule has 6 heteroatoms. The highest BCUT2D eigenvalue weighted by Crippen LogP contribution is 2.18. The van der Waals surface area contributed by atoms with Crippen LogP contribution in [0.3, 0.4) is 0 Å². The van der Waals surface area contributed by atoms with Crippen LogP contribution in [0, 0.1) is 0 Å².